The van der Waals surface area contributed by atoms with E-state index in [1.807, 2.05) is 36.7 Å². The molecule has 2 heterocycles. The van der Waals surface area contributed by atoms with Crippen molar-refractivity contribution >= 4 is 32.3 Å². The van der Waals surface area contributed by atoms with Crippen molar-refractivity contribution in [2.24, 2.45) is 0 Å². The van der Waals surface area contributed by atoms with Gasteiger partial charge in [-0.15, -0.1) is 64.5 Å². The molecular formula is C44H34IrN2-2. The van der Waals surface area contributed by atoms with Crippen LogP contribution in [0.2, 0.25) is 0 Å². The number of hydrogen-bond acceptors (Lipinski definition) is 2. The minimum Gasteiger partial charge on any atom is -0.305 e. The molecule has 0 aliphatic carbocycles. The first-order valence-electron chi connectivity index (χ1n) is 15.7. The second-order valence-corrected chi connectivity index (χ2v) is 12.5. The van der Waals surface area contributed by atoms with Crippen LogP contribution in [0, 0.1) is 12.1 Å². The van der Waals surface area contributed by atoms with Gasteiger partial charge in [-0.1, -0.05) is 129 Å². The summed E-state index contributed by atoms with van der Waals surface area (Å²) in [5.74, 6) is 0. The molecule has 0 amide bonds. The first kappa shape index (κ1) is 32.0. The normalized spacial score (nSPS) is 11.1. The average molecular weight is 783 g/mol. The summed E-state index contributed by atoms with van der Waals surface area (Å²) in [5, 5.41) is 7.52. The van der Waals surface area contributed by atoms with Gasteiger partial charge < -0.3 is 9.97 Å². The van der Waals surface area contributed by atoms with Gasteiger partial charge in [0.25, 0.3) is 0 Å². The van der Waals surface area contributed by atoms with Gasteiger partial charge in [-0.3, -0.25) is 0 Å². The van der Waals surface area contributed by atoms with E-state index in [1.54, 1.807) is 0 Å². The van der Waals surface area contributed by atoms with Crippen LogP contribution in [0.4, 0.5) is 0 Å². The Hall–Kier alpha value is -4.95. The van der Waals surface area contributed by atoms with Crippen LogP contribution >= 0.6 is 0 Å². The Labute approximate surface area is 290 Å². The molecule has 2 aromatic heterocycles. The van der Waals surface area contributed by atoms with E-state index >= 15 is 0 Å². The molecule has 231 valence electrons. The number of hydrogen-bond donors (Lipinski definition) is 0. The van der Waals surface area contributed by atoms with Crippen LogP contribution in [0.25, 0.3) is 66.0 Å². The van der Waals surface area contributed by atoms with Crippen molar-refractivity contribution in [3.05, 3.63) is 170 Å². The first-order valence-corrected chi connectivity index (χ1v) is 15.7. The standard InChI is InChI=1S/C25H22N.C19H12N.Ir/c1-25(2,3)21-14-15-26-24(17-21)20-11-6-10-19(16-20)23-13-7-9-18-8-4-5-12-22(18)23;1-2-6-17-14(5-1)8-9-15-13-16(10-11-18(15)17)19-7-3-4-12-20-19;/h4-10,12-17H,1-3H3;1-9,11-13H;/q2*-1;. The van der Waals surface area contributed by atoms with Gasteiger partial charge in [0, 0.05) is 32.5 Å². The fraction of sp³-hybridized carbons (Fsp3) is 0.0909. The molecule has 0 fully saturated rings. The molecule has 0 bridgehead atoms. The summed E-state index contributed by atoms with van der Waals surface area (Å²) >= 11 is 0. The monoisotopic (exact) mass is 783 g/mol. The summed E-state index contributed by atoms with van der Waals surface area (Å²) in [5.41, 5.74) is 7.82. The van der Waals surface area contributed by atoms with Gasteiger partial charge in [0.2, 0.25) is 0 Å². The largest absolute Gasteiger partial charge is 0.305 e. The second-order valence-electron chi connectivity index (χ2n) is 12.5. The molecule has 0 N–H and O–H groups in total. The zero-order chi connectivity index (χ0) is 31.5. The summed E-state index contributed by atoms with van der Waals surface area (Å²) < 4.78 is 0. The zero-order valence-corrected chi connectivity index (χ0v) is 29.1. The van der Waals surface area contributed by atoms with Crippen LogP contribution in [0.3, 0.4) is 0 Å². The maximum Gasteiger partial charge on any atom is 0.0163 e. The Morgan fingerprint density at radius 2 is 1.19 bits per heavy atom. The van der Waals surface area contributed by atoms with Gasteiger partial charge in [-0.25, -0.2) is 0 Å². The van der Waals surface area contributed by atoms with Gasteiger partial charge in [0.1, 0.15) is 0 Å². The maximum atomic E-state index is 4.59. The molecule has 0 spiro atoms. The fourth-order valence-electron chi connectivity index (χ4n) is 5.92. The molecular weight excluding hydrogens is 749 g/mol. The quantitative estimate of drug-likeness (QED) is 0.132. The van der Waals surface area contributed by atoms with Gasteiger partial charge >= 0.3 is 0 Å². The third-order valence-corrected chi connectivity index (χ3v) is 8.42. The predicted molar refractivity (Wildman–Crippen MR) is 194 cm³/mol. The molecule has 3 heteroatoms. The Bertz CT molecular complexity index is 2300. The maximum absolute atomic E-state index is 4.59. The average Bonchev–Trinajstić information content (AvgIpc) is 3.11. The Balaban J connectivity index is 0.000000166. The van der Waals surface area contributed by atoms with Gasteiger partial charge in [-0.05, 0) is 56.2 Å². The number of nitrogens with zero attached hydrogens (tertiary/aromatic N) is 2. The summed E-state index contributed by atoms with van der Waals surface area (Å²) in [6, 6.07) is 55.2. The summed E-state index contributed by atoms with van der Waals surface area (Å²) in [4.78, 5) is 8.98. The van der Waals surface area contributed by atoms with Crippen molar-refractivity contribution < 1.29 is 20.1 Å². The Morgan fingerprint density at radius 1 is 0.511 bits per heavy atom. The number of rotatable bonds is 3. The van der Waals surface area contributed by atoms with E-state index in [0.29, 0.717) is 0 Å². The van der Waals surface area contributed by atoms with Crippen molar-refractivity contribution in [2.45, 2.75) is 26.2 Å². The molecule has 8 rings (SSSR count). The summed E-state index contributed by atoms with van der Waals surface area (Å²) in [7, 11) is 0. The molecule has 0 saturated carbocycles. The first-order chi connectivity index (χ1) is 22.4. The van der Waals surface area contributed by atoms with E-state index in [0.717, 1.165) is 22.5 Å². The number of pyridine rings is 2. The molecule has 1 radical (unpaired) electrons. The Morgan fingerprint density at radius 3 is 1.98 bits per heavy atom. The third-order valence-electron chi connectivity index (χ3n) is 8.42. The molecule has 0 atom stereocenters. The minimum atomic E-state index is 0. The molecule has 0 unspecified atom stereocenters. The van der Waals surface area contributed by atoms with Crippen molar-refractivity contribution in [3.63, 3.8) is 0 Å². The number of fused-ring (bicyclic) bond motifs is 4. The second kappa shape index (κ2) is 13.8. The summed E-state index contributed by atoms with van der Waals surface area (Å²) in [6.07, 6.45) is 3.71. The van der Waals surface area contributed by atoms with E-state index in [-0.39, 0.29) is 25.5 Å². The van der Waals surface area contributed by atoms with Gasteiger partial charge in [0.05, 0.1) is 0 Å². The van der Waals surface area contributed by atoms with Crippen molar-refractivity contribution in [3.8, 4) is 33.6 Å². The molecule has 0 aliphatic rings. The van der Waals surface area contributed by atoms with E-state index < -0.39 is 0 Å². The molecule has 47 heavy (non-hydrogen) atoms. The van der Waals surface area contributed by atoms with Crippen LogP contribution in [0.5, 0.6) is 0 Å². The smallest absolute Gasteiger partial charge is 0.0163 e. The molecule has 0 aliphatic heterocycles. The van der Waals surface area contributed by atoms with Crippen LogP contribution in [-0.4, -0.2) is 9.97 Å². The minimum absolute atomic E-state index is 0. The van der Waals surface area contributed by atoms with Gasteiger partial charge in [0.15, 0.2) is 0 Å². The summed E-state index contributed by atoms with van der Waals surface area (Å²) in [6.45, 7) is 6.67. The van der Waals surface area contributed by atoms with Crippen LogP contribution in [0.1, 0.15) is 26.3 Å². The zero-order valence-electron chi connectivity index (χ0n) is 26.7. The van der Waals surface area contributed by atoms with E-state index in [4.69, 9.17) is 0 Å². The van der Waals surface area contributed by atoms with Crippen molar-refractivity contribution in [1.29, 1.82) is 0 Å². The Kier molecular flexibility index (Phi) is 9.40. The topological polar surface area (TPSA) is 25.8 Å². The molecule has 6 aromatic carbocycles. The fourth-order valence-corrected chi connectivity index (χ4v) is 5.92. The molecule has 8 aromatic rings. The van der Waals surface area contributed by atoms with Crippen LogP contribution in [0.15, 0.2) is 152 Å². The van der Waals surface area contributed by atoms with Crippen molar-refractivity contribution in [1.82, 2.24) is 9.97 Å². The number of benzene rings is 6. The van der Waals surface area contributed by atoms with Gasteiger partial charge in [-0.2, -0.15) is 0 Å². The van der Waals surface area contributed by atoms with E-state index in [2.05, 4.69) is 158 Å². The molecule has 0 saturated heterocycles. The SMILES string of the molecule is CC(C)(C)c1ccnc(-c2[c-]ccc(-c3cccc4ccccc34)c2)c1.[Ir].[c-]1cc2c(ccc3ccccc32)cc1-c1ccccn1. The van der Waals surface area contributed by atoms with Crippen LogP contribution in [-0.2, 0) is 25.5 Å². The van der Waals surface area contributed by atoms with E-state index in [1.165, 1.54) is 49.0 Å². The van der Waals surface area contributed by atoms with E-state index in [9.17, 15) is 0 Å². The van der Waals surface area contributed by atoms with Crippen LogP contribution < -0.4 is 0 Å². The predicted octanol–water partition coefficient (Wildman–Crippen LogP) is 11.5. The molecule has 2 nitrogen and oxygen atoms in total. The van der Waals surface area contributed by atoms with Crippen molar-refractivity contribution in [2.75, 3.05) is 0 Å². The number of aromatic nitrogens is 2. The third kappa shape index (κ3) is 6.93.